The molecule has 1 atom stereocenters. The lowest BCUT2D eigenvalue weighted by Gasteiger charge is -2.17. The summed E-state index contributed by atoms with van der Waals surface area (Å²) in [6.45, 7) is 2.35. The fourth-order valence-electron chi connectivity index (χ4n) is 3.11. The van der Waals surface area contributed by atoms with Gasteiger partial charge >= 0.3 is 6.11 Å². The summed E-state index contributed by atoms with van der Waals surface area (Å²) in [7, 11) is -4.21. The van der Waals surface area contributed by atoms with Crippen LogP contribution in [0.5, 0.6) is 11.5 Å². The summed E-state index contributed by atoms with van der Waals surface area (Å²) in [5, 5.41) is 12.8. The van der Waals surface area contributed by atoms with Crippen molar-refractivity contribution in [3.05, 3.63) is 78.4 Å². The average Bonchev–Trinajstić information content (AvgIpc) is 2.78. The number of anilines is 2. The molecule has 35 heavy (non-hydrogen) atoms. The molecule has 0 saturated heterocycles. The molecule has 8 nitrogen and oxygen atoms in total. The Labute approximate surface area is 201 Å². The van der Waals surface area contributed by atoms with Crippen molar-refractivity contribution >= 4 is 27.3 Å². The van der Waals surface area contributed by atoms with Crippen molar-refractivity contribution < 1.29 is 36.6 Å². The lowest BCUT2D eigenvalue weighted by Crippen LogP contribution is -2.21. The van der Waals surface area contributed by atoms with Crippen molar-refractivity contribution in [2.45, 2.75) is 31.0 Å². The normalized spacial score (nSPS) is 12.5. The Kier molecular flexibility index (Phi) is 7.92. The first-order valence-electron chi connectivity index (χ1n) is 10.5. The Balaban J connectivity index is 1.82. The highest BCUT2D eigenvalue weighted by molar-refractivity contribution is 7.92. The van der Waals surface area contributed by atoms with Crippen molar-refractivity contribution in [3.8, 4) is 11.5 Å². The number of amides is 1. The highest BCUT2D eigenvalue weighted by atomic mass is 32.2. The Morgan fingerprint density at radius 3 is 2.40 bits per heavy atom. The van der Waals surface area contributed by atoms with E-state index >= 15 is 0 Å². The summed E-state index contributed by atoms with van der Waals surface area (Å²) in [5.74, 6) is -0.991. The number of hydrogen-bond acceptors (Lipinski definition) is 6. The van der Waals surface area contributed by atoms with Crippen LogP contribution in [0.25, 0.3) is 0 Å². The number of nitrogens with one attached hydrogen (secondary N) is 2. The number of benzene rings is 3. The minimum absolute atomic E-state index is 0.00226. The first-order chi connectivity index (χ1) is 16.5. The number of halogens is 2. The lowest BCUT2D eigenvalue weighted by molar-refractivity contribution is -0.158. The minimum Gasteiger partial charge on any atom is -0.492 e. The molecular formula is C24H24F2N2O6S. The molecule has 3 rings (SSSR count). The van der Waals surface area contributed by atoms with Crippen LogP contribution in [0.1, 0.15) is 25.5 Å². The van der Waals surface area contributed by atoms with Gasteiger partial charge in [-0.05, 0) is 36.8 Å². The van der Waals surface area contributed by atoms with Crippen molar-refractivity contribution in [2.75, 3.05) is 16.6 Å². The summed E-state index contributed by atoms with van der Waals surface area (Å²) < 4.78 is 64.5. The van der Waals surface area contributed by atoms with Crippen LogP contribution >= 0.6 is 0 Å². The molecule has 0 radical (unpaired) electrons. The molecule has 3 aromatic rings. The van der Waals surface area contributed by atoms with Gasteiger partial charge in [-0.15, -0.1) is 0 Å². The molecule has 0 heterocycles. The van der Waals surface area contributed by atoms with Gasteiger partial charge in [-0.3, -0.25) is 9.52 Å². The van der Waals surface area contributed by atoms with Crippen molar-refractivity contribution in [1.82, 2.24) is 0 Å². The van der Waals surface area contributed by atoms with Crippen LogP contribution in [0.3, 0.4) is 0 Å². The summed E-state index contributed by atoms with van der Waals surface area (Å²) in [5.41, 5.74) is 0.594. The zero-order chi connectivity index (χ0) is 25.6. The third-order valence-corrected chi connectivity index (χ3v) is 5.97. The predicted octanol–water partition coefficient (Wildman–Crippen LogP) is 4.55. The van der Waals surface area contributed by atoms with Gasteiger partial charge in [0.15, 0.2) is 6.10 Å². The quantitative estimate of drug-likeness (QED) is 0.372. The second-order valence-corrected chi connectivity index (χ2v) is 9.09. The molecular weight excluding hydrogens is 482 g/mol. The summed E-state index contributed by atoms with van der Waals surface area (Å²) in [4.78, 5) is 12.2. The number of ether oxygens (including phenoxy) is 2. The van der Waals surface area contributed by atoms with E-state index < -0.39 is 28.1 Å². The highest BCUT2D eigenvalue weighted by Gasteiger charge is 2.25. The fourth-order valence-corrected chi connectivity index (χ4v) is 4.29. The van der Waals surface area contributed by atoms with Crippen molar-refractivity contribution in [1.29, 1.82) is 0 Å². The van der Waals surface area contributed by atoms with Crippen LogP contribution in [-0.2, 0) is 14.8 Å². The molecule has 186 valence electrons. The van der Waals surface area contributed by atoms with E-state index in [9.17, 15) is 27.1 Å². The van der Waals surface area contributed by atoms with Gasteiger partial charge in [0.05, 0.1) is 12.3 Å². The number of rotatable bonds is 10. The molecule has 0 fully saturated rings. The predicted molar refractivity (Wildman–Crippen MR) is 126 cm³/mol. The zero-order valence-electron chi connectivity index (χ0n) is 18.9. The number of sulfonamides is 1. The minimum atomic E-state index is -4.21. The van der Waals surface area contributed by atoms with E-state index in [0.29, 0.717) is 12.5 Å². The van der Waals surface area contributed by atoms with E-state index in [1.165, 1.54) is 36.4 Å². The van der Waals surface area contributed by atoms with E-state index in [1.807, 2.05) is 0 Å². The first kappa shape index (κ1) is 25.9. The summed E-state index contributed by atoms with van der Waals surface area (Å²) in [6, 6.07) is 17.3. The monoisotopic (exact) mass is 506 g/mol. The molecule has 0 bridgehead atoms. The number of hydrogen-bond donors (Lipinski definition) is 3. The summed E-state index contributed by atoms with van der Waals surface area (Å²) in [6.07, 6.45) is -4.87. The van der Waals surface area contributed by atoms with Crippen LogP contribution in [0.15, 0.2) is 77.7 Å². The van der Waals surface area contributed by atoms with E-state index in [2.05, 4.69) is 14.8 Å². The number of alkyl halides is 2. The SMILES string of the molecule is CCOc1cc(NC(=O)[C@@H](O)c2ccccc2)ccc1S(=O)(=O)Nc1cccc(OC(C)(F)F)c1. The largest absolute Gasteiger partial charge is 0.492 e. The Morgan fingerprint density at radius 2 is 1.74 bits per heavy atom. The molecule has 0 unspecified atom stereocenters. The van der Waals surface area contributed by atoms with Crippen LogP contribution in [-0.4, -0.2) is 32.1 Å². The second-order valence-electron chi connectivity index (χ2n) is 7.44. The lowest BCUT2D eigenvalue weighted by atomic mass is 10.1. The maximum atomic E-state index is 13.1. The molecule has 0 aliphatic heterocycles. The Bertz CT molecular complexity index is 1280. The second kappa shape index (κ2) is 10.7. The van der Waals surface area contributed by atoms with Crippen molar-refractivity contribution in [2.24, 2.45) is 0 Å². The molecule has 0 saturated carbocycles. The number of carbonyl (C=O) groups is 1. The molecule has 0 spiro atoms. The molecule has 0 aromatic heterocycles. The molecule has 11 heteroatoms. The third-order valence-electron chi connectivity index (χ3n) is 4.55. The summed E-state index contributed by atoms with van der Waals surface area (Å²) >= 11 is 0. The van der Waals surface area contributed by atoms with Gasteiger partial charge in [-0.25, -0.2) is 8.42 Å². The molecule has 0 aliphatic carbocycles. The van der Waals surface area contributed by atoms with Crippen LogP contribution in [0.2, 0.25) is 0 Å². The maximum absolute atomic E-state index is 13.1. The van der Waals surface area contributed by atoms with E-state index in [-0.39, 0.29) is 34.4 Å². The number of aliphatic hydroxyl groups is 1. The number of aliphatic hydroxyl groups excluding tert-OH is 1. The van der Waals surface area contributed by atoms with Gasteiger partial charge in [0.1, 0.15) is 16.4 Å². The molecule has 1 amide bonds. The number of carbonyl (C=O) groups excluding carboxylic acids is 1. The highest BCUT2D eigenvalue weighted by Crippen LogP contribution is 2.31. The van der Waals surface area contributed by atoms with Gasteiger partial charge in [0.25, 0.3) is 15.9 Å². The Morgan fingerprint density at radius 1 is 1.03 bits per heavy atom. The van der Waals surface area contributed by atoms with E-state index in [4.69, 9.17) is 4.74 Å². The zero-order valence-corrected chi connectivity index (χ0v) is 19.7. The van der Waals surface area contributed by atoms with E-state index in [0.717, 1.165) is 6.07 Å². The van der Waals surface area contributed by atoms with Gasteiger partial charge in [0.2, 0.25) is 0 Å². The standard InChI is InChI=1S/C24H24F2N2O6S/c1-3-33-20-15-17(27-23(30)22(29)16-8-5-4-6-9-16)12-13-21(20)35(31,32)28-18-10-7-11-19(14-18)34-24(2,25)26/h4-15,22,28-29H,3H2,1-2H3,(H,27,30)/t22-/m0/s1. The van der Waals surface area contributed by atoms with Crippen LogP contribution in [0.4, 0.5) is 20.2 Å². The Hall–Kier alpha value is -3.70. The average molecular weight is 507 g/mol. The van der Waals surface area contributed by atoms with Crippen LogP contribution < -0.4 is 19.5 Å². The van der Waals surface area contributed by atoms with Gasteiger partial charge in [-0.1, -0.05) is 36.4 Å². The van der Waals surface area contributed by atoms with Gasteiger partial charge in [-0.2, -0.15) is 8.78 Å². The fraction of sp³-hybridized carbons (Fsp3) is 0.208. The third kappa shape index (κ3) is 7.14. The topological polar surface area (TPSA) is 114 Å². The van der Waals surface area contributed by atoms with Crippen molar-refractivity contribution in [3.63, 3.8) is 0 Å². The van der Waals surface area contributed by atoms with E-state index in [1.54, 1.807) is 37.3 Å². The van der Waals surface area contributed by atoms with Gasteiger partial charge < -0.3 is 19.9 Å². The smallest absolute Gasteiger partial charge is 0.394 e. The maximum Gasteiger partial charge on any atom is 0.394 e. The molecule has 3 aromatic carbocycles. The molecule has 0 aliphatic rings. The first-order valence-corrected chi connectivity index (χ1v) is 12.0. The van der Waals surface area contributed by atoms with Gasteiger partial charge in [0, 0.05) is 24.7 Å². The van der Waals surface area contributed by atoms with Crippen LogP contribution in [0, 0.1) is 0 Å². The molecule has 3 N–H and O–H groups in total.